The number of rotatable bonds is 5. The van der Waals surface area contributed by atoms with Gasteiger partial charge in [-0.1, -0.05) is 38.1 Å². The summed E-state index contributed by atoms with van der Waals surface area (Å²) in [5.41, 5.74) is 9.01. The van der Waals surface area contributed by atoms with Crippen molar-refractivity contribution in [3.05, 3.63) is 53.3 Å². The Bertz CT molecular complexity index is 584. The lowest BCUT2D eigenvalue weighted by molar-refractivity contribution is -0.119. The van der Waals surface area contributed by atoms with Gasteiger partial charge in [-0.05, 0) is 17.0 Å². The van der Waals surface area contributed by atoms with Crippen molar-refractivity contribution in [2.45, 2.75) is 32.2 Å². The molecule has 2 N–H and O–H groups in total. The van der Waals surface area contributed by atoms with Crippen LogP contribution in [0.5, 0.6) is 0 Å². The molecule has 1 unspecified atom stereocenters. The summed E-state index contributed by atoms with van der Waals surface area (Å²) in [4.78, 5) is 12.2. The molecule has 0 spiro atoms. The van der Waals surface area contributed by atoms with Crippen LogP contribution in [0.2, 0.25) is 0 Å². The van der Waals surface area contributed by atoms with E-state index in [9.17, 15) is 4.79 Å². The maximum Gasteiger partial charge on any atom is 0.158 e. The number of benzene rings is 1. The van der Waals surface area contributed by atoms with E-state index in [1.807, 2.05) is 19.2 Å². The van der Waals surface area contributed by atoms with Gasteiger partial charge in [0, 0.05) is 25.2 Å². The lowest BCUT2D eigenvalue weighted by Gasteiger charge is -2.10. The maximum atomic E-state index is 12.2. The van der Waals surface area contributed by atoms with Gasteiger partial charge in [0.25, 0.3) is 0 Å². The Hall–Kier alpha value is -1.94. The Morgan fingerprint density at radius 1 is 1.25 bits per heavy atom. The zero-order valence-electron chi connectivity index (χ0n) is 12.2. The molecule has 4 heteroatoms. The number of Topliss-reactive ketones (excluding diaryl/α,β-unsaturated/α-hetero) is 1. The maximum absolute atomic E-state index is 12.2. The van der Waals surface area contributed by atoms with Crippen molar-refractivity contribution in [3.63, 3.8) is 0 Å². The number of carbonyl (C=O) groups is 1. The van der Waals surface area contributed by atoms with E-state index in [2.05, 4.69) is 31.1 Å². The summed E-state index contributed by atoms with van der Waals surface area (Å²) in [7, 11) is 1.81. The number of aryl methyl sites for hydroxylation is 1. The van der Waals surface area contributed by atoms with Crippen molar-refractivity contribution in [2.24, 2.45) is 12.8 Å². The third-order valence-corrected chi connectivity index (χ3v) is 3.46. The van der Waals surface area contributed by atoms with Crippen molar-refractivity contribution in [1.29, 1.82) is 0 Å². The molecule has 2 rings (SSSR count). The Labute approximate surface area is 119 Å². The first-order valence-electron chi connectivity index (χ1n) is 6.83. The minimum absolute atomic E-state index is 0.00953. The highest BCUT2D eigenvalue weighted by Gasteiger charge is 2.17. The quantitative estimate of drug-likeness (QED) is 0.908. The van der Waals surface area contributed by atoms with Crippen LogP contribution in [0, 0.1) is 0 Å². The summed E-state index contributed by atoms with van der Waals surface area (Å²) in [5.74, 6) is 0.507. The fraction of sp³-hybridized carbons (Fsp3) is 0.375. The lowest BCUT2D eigenvalue weighted by atomic mass is 9.97. The average Bonchev–Trinajstić information content (AvgIpc) is 2.85. The average molecular weight is 271 g/mol. The SMILES string of the molecule is CC(C)c1ccc(CC(=O)C(N)c2cnn(C)c2)cc1. The predicted octanol–water partition coefficient (Wildman–Crippen LogP) is 2.36. The molecule has 0 bridgehead atoms. The lowest BCUT2D eigenvalue weighted by Crippen LogP contribution is -2.22. The molecule has 0 aliphatic heterocycles. The number of nitrogens with two attached hydrogens (primary N) is 1. The van der Waals surface area contributed by atoms with Crippen LogP contribution in [0.3, 0.4) is 0 Å². The molecule has 4 nitrogen and oxygen atoms in total. The normalized spacial score (nSPS) is 12.7. The van der Waals surface area contributed by atoms with Gasteiger partial charge >= 0.3 is 0 Å². The van der Waals surface area contributed by atoms with E-state index in [0.717, 1.165) is 11.1 Å². The summed E-state index contributed by atoms with van der Waals surface area (Å²) < 4.78 is 1.65. The molecule has 106 valence electrons. The van der Waals surface area contributed by atoms with Crippen LogP contribution in [-0.4, -0.2) is 15.6 Å². The topological polar surface area (TPSA) is 60.9 Å². The number of carbonyl (C=O) groups excluding carboxylic acids is 1. The van der Waals surface area contributed by atoms with Crippen molar-refractivity contribution in [3.8, 4) is 0 Å². The molecular weight excluding hydrogens is 250 g/mol. The molecule has 2 aromatic rings. The van der Waals surface area contributed by atoms with Crippen LogP contribution in [-0.2, 0) is 18.3 Å². The van der Waals surface area contributed by atoms with Gasteiger partial charge in [0.2, 0.25) is 0 Å². The molecule has 1 atom stereocenters. The van der Waals surface area contributed by atoms with Crippen molar-refractivity contribution in [1.82, 2.24) is 9.78 Å². The summed E-state index contributed by atoms with van der Waals surface area (Å²) in [6.45, 7) is 4.30. The third-order valence-electron chi connectivity index (χ3n) is 3.46. The second kappa shape index (κ2) is 6.01. The van der Waals surface area contributed by atoms with Gasteiger partial charge < -0.3 is 5.73 Å². The standard InChI is InChI=1S/C16H21N3O/c1-11(2)13-6-4-12(5-7-13)8-15(20)16(17)14-9-18-19(3)10-14/h4-7,9-11,16H,8,17H2,1-3H3. The highest BCUT2D eigenvalue weighted by atomic mass is 16.1. The van der Waals surface area contributed by atoms with Crippen LogP contribution in [0.15, 0.2) is 36.7 Å². The largest absolute Gasteiger partial charge is 0.318 e. The molecule has 0 saturated heterocycles. The number of hydrogen-bond donors (Lipinski definition) is 1. The van der Waals surface area contributed by atoms with E-state index in [-0.39, 0.29) is 5.78 Å². The van der Waals surface area contributed by atoms with Crippen LogP contribution < -0.4 is 5.73 Å². The molecule has 1 aromatic heterocycles. The van der Waals surface area contributed by atoms with Gasteiger partial charge in [0.1, 0.15) is 0 Å². The van der Waals surface area contributed by atoms with Crippen molar-refractivity contribution < 1.29 is 4.79 Å². The summed E-state index contributed by atoms with van der Waals surface area (Å²) in [6, 6.07) is 7.55. The van der Waals surface area contributed by atoms with Crippen molar-refractivity contribution in [2.75, 3.05) is 0 Å². The van der Waals surface area contributed by atoms with Gasteiger partial charge in [-0.3, -0.25) is 9.48 Å². The van der Waals surface area contributed by atoms with Crippen molar-refractivity contribution >= 4 is 5.78 Å². The first-order valence-corrected chi connectivity index (χ1v) is 6.83. The molecule has 0 amide bonds. The molecule has 0 aliphatic rings. The smallest absolute Gasteiger partial charge is 0.158 e. The van der Waals surface area contributed by atoms with Crippen LogP contribution in [0.1, 0.15) is 42.5 Å². The molecule has 0 fully saturated rings. The number of ketones is 1. The van der Waals surface area contributed by atoms with Gasteiger partial charge in [-0.2, -0.15) is 5.10 Å². The van der Waals surface area contributed by atoms with Gasteiger partial charge in [0.15, 0.2) is 5.78 Å². The number of nitrogens with zero attached hydrogens (tertiary/aromatic N) is 2. The van der Waals surface area contributed by atoms with E-state index in [4.69, 9.17) is 5.73 Å². The number of hydrogen-bond acceptors (Lipinski definition) is 3. The summed E-state index contributed by atoms with van der Waals surface area (Å²) in [5, 5.41) is 4.04. The minimum Gasteiger partial charge on any atom is -0.318 e. The molecule has 0 saturated carbocycles. The Morgan fingerprint density at radius 3 is 2.40 bits per heavy atom. The van der Waals surface area contributed by atoms with Crippen LogP contribution >= 0.6 is 0 Å². The van der Waals surface area contributed by atoms with Gasteiger partial charge in [0.05, 0.1) is 12.2 Å². The second-order valence-electron chi connectivity index (χ2n) is 5.46. The molecule has 1 heterocycles. The highest BCUT2D eigenvalue weighted by molar-refractivity contribution is 5.86. The Kier molecular flexibility index (Phi) is 4.35. The first kappa shape index (κ1) is 14.5. The van der Waals surface area contributed by atoms with E-state index >= 15 is 0 Å². The molecule has 0 radical (unpaired) electrons. The summed E-state index contributed by atoms with van der Waals surface area (Å²) >= 11 is 0. The number of aromatic nitrogens is 2. The van der Waals surface area contributed by atoms with Gasteiger partial charge in [-0.15, -0.1) is 0 Å². The Morgan fingerprint density at radius 2 is 1.90 bits per heavy atom. The fourth-order valence-electron chi connectivity index (χ4n) is 2.12. The molecule has 0 aliphatic carbocycles. The first-order chi connectivity index (χ1) is 9.47. The zero-order valence-corrected chi connectivity index (χ0v) is 12.2. The monoisotopic (exact) mass is 271 g/mol. The molecule has 1 aromatic carbocycles. The minimum atomic E-state index is -0.603. The molecule has 20 heavy (non-hydrogen) atoms. The molecular formula is C16H21N3O. The van der Waals surface area contributed by atoms with Crippen LogP contribution in [0.25, 0.3) is 0 Å². The Balaban J connectivity index is 2.04. The van der Waals surface area contributed by atoms with E-state index < -0.39 is 6.04 Å². The van der Waals surface area contributed by atoms with E-state index in [1.165, 1.54) is 5.56 Å². The predicted molar refractivity (Wildman–Crippen MR) is 79.4 cm³/mol. The van der Waals surface area contributed by atoms with Crippen LogP contribution in [0.4, 0.5) is 0 Å². The fourth-order valence-corrected chi connectivity index (χ4v) is 2.12. The van der Waals surface area contributed by atoms with E-state index in [1.54, 1.807) is 17.1 Å². The van der Waals surface area contributed by atoms with Gasteiger partial charge in [-0.25, -0.2) is 0 Å². The summed E-state index contributed by atoms with van der Waals surface area (Å²) in [6.07, 6.45) is 3.78. The van der Waals surface area contributed by atoms with E-state index in [0.29, 0.717) is 12.3 Å². The second-order valence-corrected chi connectivity index (χ2v) is 5.46. The third kappa shape index (κ3) is 3.33. The zero-order chi connectivity index (χ0) is 14.7. The highest BCUT2D eigenvalue weighted by Crippen LogP contribution is 2.17.